The van der Waals surface area contributed by atoms with Gasteiger partial charge in [-0.05, 0) is 38.0 Å². The first kappa shape index (κ1) is 18.2. The SMILES string of the molecule is CC(=O)Nc1nc(C(=O)N2CCC(c3onc4c3CC(C)CC4)CC2)cs1. The van der Waals surface area contributed by atoms with Crippen molar-refractivity contribution in [1.82, 2.24) is 15.0 Å². The third kappa shape index (κ3) is 3.76. The van der Waals surface area contributed by atoms with Gasteiger partial charge in [0.05, 0.1) is 5.69 Å². The van der Waals surface area contributed by atoms with E-state index in [0.29, 0.717) is 35.8 Å². The van der Waals surface area contributed by atoms with E-state index in [4.69, 9.17) is 4.52 Å². The molecule has 1 fully saturated rings. The monoisotopic (exact) mass is 388 g/mol. The molecular formula is C19H24N4O3S. The number of anilines is 1. The summed E-state index contributed by atoms with van der Waals surface area (Å²) in [6.45, 7) is 5.07. The first-order valence-electron chi connectivity index (χ1n) is 9.51. The average molecular weight is 388 g/mol. The summed E-state index contributed by atoms with van der Waals surface area (Å²) in [6.07, 6.45) is 5.00. The van der Waals surface area contributed by atoms with Crippen LogP contribution in [0, 0.1) is 5.92 Å². The lowest BCUT2D eigenvalue weighted by atomic mass is 9.83. The fraction of sp³-hybridized carbons (Fsp3) is 0.579. The Balaban J connectivity index is 1.39. The first-order chi connectivity index (χ1) is 13.0. The Morgan fingerprint density at radius 2 is 2.07 bits per heavy atom. The van der Waals surface area contributed by atoms with Crippen molar-refractivity contribution >= 4 is 28.3 Å². The highest BCUT2D eigenvalue weighted by molar-refractivity contribution is 7.14. The van der Waals surface area contributed by atoms with Gasteiger partial charge in [0.1, 0.15) is 11.5 Å². The molecular weight excluding hydrogens is 364 g/mol. The zero-order chi connectivity index (χ0) is 19.0. The van der Waals surface area contributed by atoms with E-state index in [1.165, 1.54) is 30.2 Å². The zero-order valence-corrected chi connectivity index (χ0v) is 16.5. The van der Waals surface area contributed by atoms with Gasteiger partial charge in [0.25, 0.3) is 5.91 Å². The van der Waals surface area contributed by atoms with Gasteiger partial charge in [-0.15, -0.1) is 11.3 Å². The third-order valence-corrected chi connectivity index (χ3v) is 6.24. The van der Waals surface area contributed by atoms with Crippen molar-refractivity contribution in [3.8, 4) is 0 Å². The number of amides is 2. The van der Waals surface area contributed by atoms with Gasteiger partial charge in [-0.25, -0.2) is 4.98 Å². The number of aryl methyl sites for hydroxylation is 1. The molecule has 1 unspecified atom stereocenters. The van der Waals surface area contributed by atoms with Gasteiger partial charge < -0.3 is 14.7 Å². The number of piperidine rings is 1. The summed E-state index contributed by atoms with van der Waals surface area (Å²) in [5, 5.41) is 9.08. The highest BCUT2D eigenvalue weighted by Crippen LogP contribution is 2.36. The van der Waals surface area contributed by atoms with Crippen molar-refractivity contribution in [2.45, 2.75) is 51.9 Å². The van der Waals surface area contributed by atoms with Crippen LogP contribution in [0.5, 0.6) is 0 Å². The summed E-state index contributed by atoms with van der Waals surface area (Å²) in [5.41, 5.74) is 2.85. The zero-order valence-electron chi connectivity index (χ0n) is 15.7. The van der Waals surface area contributed by atoms with E-state index in [-0.39, 0.29) is 11.8 Å². The number of nitrogens with zero attached hydrogens (tertiary/aromatic N) is 3. The van der Waals surface area contributed by atoms with E-state index in [1.807, 2.05) is 4.90 Å². The summed E-state index contributed by atoms with van der Waals surface area (Å²) in [4.78, 5) is 29.9. The molecule has 1 saturated heterocycles. The quantitative estimate of drug-likeness (QED) is 0.872. The number of fused-ring (bicyclic) bond motifs is 1. The molecule has 2 aromatic heterocycles. The fourth-order valence-electron chi connectivity index (χ4n) is 4.01. The summed E-state index contributed by atoms with van der Waals surface area (Å²) in [7, 11) is 0. The van der Waals surface area contributed by atoms with Gasteiger partial charge in [-0.2, -0.15) is 0 Å². The number of carbonyl (C=O) groups excluding carboxylic acids is 2. The van der Waals surface area contributed by atoms with Crippen LogP contribution in [-0.2, 0) is 17.6 Å². The van der Waals surface area contributed by atoms with Gasteiger partial charge in [-0.3, -0.25) is 9.59 Å². The Kier molecular flexibility index (Phi) is 4.99. The lowest BCUT2D eigenvalue weighted by Crippen LogP contribution is -2.38. The highest BCUT2D eigenvalue weighted by Gasteiger charge is 2.32. The van der Waals surface area contributed by atoms with Crippen LogP contribution in [0.2, 0.25) is 0 Å². The second-order valence-corrected chi connectivity index (χ2v) is 8.46. The molecule has 0 bridgehead atoms. The molecule has 0 saturated carbocycles. The number of hydrogen-bond acceptors (Lipinski definition) is 6. The largest absolute Gasteiger partial charge is 0.361 e. The van der Waals surface area contributed by atoms with Gasteiger partial charge in [-0.1, -0.05) is 12.1 Å². The molecule has 144 valence electrons. The Morgan fingerprint density at radius 1 is 1.30 bits per heavy atom. The van der Waals surface area contributed by atoms with Crippen molar-refractivity contribution in [2.24, 2.45) is 5.92 Å². The molecule has 4 rings (SSSR count). The first-order valence-corrected chi connectivity index (χ1v) is 10.4. The lowest BCUT2D eigenvalue weighted by molar-refractivity contribution is -0.114. The van der Waals surface area contributed by atoms with E-state index in [0.717, 1.165) is 37.1 Å². The molecule has 0 spiro atoms. The normalized spacial score (nSPS) is 20.4. The number of aromatic nitrogens is 2. The molecule has 27 heavy (non-hydrogen) atoms. The topological polar surface area (TPSA) is 88.3 Å². The summed E-state index contributed by atoms with van der Waals surface area (Å²) in [5.74, 6) is 1.80. The summed E-state index contributed by atoms with van der Waals surface area (Å²) < 4.78 is 5.72. The number of nitrogens with one attached hydrogen (secondary N) is 1. The summed E-state index contributed by atoms with van der Waals surface area (Å²) in [6, 6.07) is 0. The molecule has 2 amide bonds. The van der Waals surface area contributed by atoms with E-state index >= 15 is 0 Å². The fourth-order valence-corrected chi connectivity index (χ4v) is 4.74. The molecule has 1 aliphatic carbocycles. The second-order valence-electron chi connectivity index (χ2n) is 7.61. The number of rotatable bonds is 3. The van der Waals surface area contributed by atoms with Crippen LogP contribution in [0.4, 0.5) is 5.13 Å². The molecule has 7 nitrogen and oxygen atoms in total. The Labute approximate surface area is 162 Å². The summed E-state index contributed by atoms with van der Waals surface area (Å²) >= 11 is 1.27. The van der Waals surface area contributed by atoms with Crippen LogP contribution >= 0.6 is 11.3 Å². The Hall–Kier alpha value is -2.22. The molecule has 1 atom stereocenters. The molecule has 3 heterocycles. The van der Waals surface area contributed by atoms with Crippen molar-refractivity contribution < 1.29 is 14.1 Å². The molecule has 1 aliphatic heterocycles. The van der Waals surface area contributed by atoms with Crippen molar-refractivity contribution in [1.29, 1.82) is 0 Å². The van der Waals surface area contributed by atoms with Gasteiger partial charge in [0.2, 0.25) is 5.91 Å². The van der Waals surface area contributed by atoms with Crippen LogP contribution in [0.25, 0.3) is 0 Å². The van der Waals surface area contributed by atoms with E-state index < -0.39 is 0 Å². The van der Waals surface area contributed by atoms with Crippen molar-refractivity contribution in [3.63, 3.8) is 0 Å². The third-order valence-electron chi connectivity index (χ3n) is 5.49. The van der Waals surface area contributed by atoms with Crippen LogP contribution in [-0.4, -0.2) is 39.9 Å². The smallest absolute Gasteiger partial charge is 0.273 e. The molecule has 0 aromatic carbocycles. The minimum atomic E-state index is -0.186. The number of carbonyl (C=O) groups is 2. The van der Waals surface area contributed by atoms with Gasteiger partial charge in [0.15, 0.2) is 5.13 Å². The molecule has 1 N–H and O–H groups in total. The minimum Gasteiger partial charge on any atom is -0.361 e. The van der Waals surface area contributed by atoms with Crippen LogP contribution < -0.4 is 5.32 Å². The standard InChI is InChI=1S/C19H24N4O3S/c1-11-3-4-15-14(9-11)17(26-22-15)13-5-7-23(8-6-13)18(25)16-10-27-19(21-16)20-12(2)24/h10-11,13H,3-9H2,1-2H3,(H,20,21,24). The average Bonchev–Trinajstić information content (AvgIpc) is 3.27. The van der Waals surface area contributed by atoms with Crippen LogP contribution in [0.15, 0.2) is 9.90 Å². The van der Waals surface area contributed by atoms with E-state index in [9.17, 15) is 9.59 Å². The van der Waals surface area contributed by atoms with Gasteiger partial charge >= 0.3 is 0 Å². The number of hydrogen-bond donors (Lipinski definition) is 1. The lowest BCUT2D eigenvalue weighted by Gasteiger charge is -2.31. The van der Waals surface area contributed by atoms with Crippen molar-refractivity contribution in [2.75, 3.05) is 18.4 Å². The molecule has 8 heteroatoms. The maximum absolute atomic E-state index is 12.7. The van der Waals surface area contributed by atoms with Crippen molar-refractivity contribution in [3.05, 3.63) is 28.1 Å². The Bertz CT molecular complexity index is 851. The van der Waals surface area contributed by atoms with Gasteiger partial charge in [0, 0.05) is 36.9 Å². The van der Waals surface area contributed by atoms with E-state index in [1.54, 1.807) is 5.38 Å². The predicted molar refractivity (Wildman–Crippen MR) is 102 cm³/mol. The predicted octanol–water partition coefficient (Wildman–Crippen LogP) is 3.23. The van der Waals surface area contributed by atoms with E-state index in [2.05, 4.69) is 22.4 Å². The minimum absolute atomic E-state index is 0.0745. The number of likely N-dealkylation sites (tertiary alicyclic amines) is 1. The maximum Gasteiger partial charge on any atom is 0.273 e. The maximum atomic E-state index is 12.7. The molecule has 2 aliphatic rings. The Morgan fingerprint density at radius 3 is 2.81 bits per heavy atom. The molecule has 2 aromatic rings. The second kappa shape index (κ2) is 7.42. The number of thiazole rings is 1. The van der Waals surface area contributed by atoms with Crippen LogP contribution in [0.1, 0.15) is 66.5 Å². The highest BCUT2D eigenvalue weighted by atomic mass is 32.1. The molecule has 0 radical (unpaired) electrons. The van der Waals surface area contributed by atoms with Crippen LogP contribution in [0.3, 0.4) is 0 Å².